The van der Waals surface area contributed by atoms with E-state index in [4.69, 9.17) is 5.11 Å². The van der Waals surface area contributed by atoms with E-state index < -0.39 is 38.8 Å². The monoisotopic (exact) mass is 276 g/mol. The summed E-state index contributed by atoms with van der Waals surface area (Å²) in [6.07, 6.45) is 1.11. The lowest BCUT2D eigenvalue weighted by Gasteiger charge is -2.17. The number of aliphatic carboxylic acids is 1. The van der Waals surface area contributed by atoms with E-state index in [0.717, 1.165) is 12.3 Å². The van der Waals surface area contributed by atoms with Crippen LogP contribution in [0.2, 0.25) is 0 Å². The number of rotatable bonds is 5. The van der Waals surface area contributed by atoms with Crippen LogP contribution < -0.4 is 4.72 Å². The Morgan fingerprint density at radius 1 is 1.50 bits per heavy atom. The van der Waals surface area contributed by atoms with Crippen molar-refractivity contribution in [3.8, 4) is 0 Å². The van der Waals surface area contributed by atoms with Crippen LogP contribution in [-0.2, 0) is 14.8 Å². The molecule has 1 heterocycles. The summed E-state index contributed by atoms with van der Waals surface area (Å²) in [7, 11) is -4.30. The third-order valence-corrected chi connectivity index (χ3v) is 3.57. The maximum absolute atomic E-state index is 13.3. The number of hydrogen-bond acceptors (Lipinski definition) is 4. The maximum Gasteiger partial charge on any atom is 0.322 e. The Morgan fingerprint density at radius 3 is 2.56 bits per heavy atom. The summed E-state index contributed by atoms with van der Waals surface area (Å²) in [5.74, 6) is -2.84. The lowest BCUT2D eigenvalue weighted by atomic mass is 10.1. The van der Waals surface area contributed by atoms with Gasteiger partial charge in [0.05, 0.1) is 0 Å². The zero-order chi connectivity index (χ0) is 13.9. The number of carboxylic acid groups (broad SMARTS) is 1. The summed E-state index contributed by atoms with van der Waals surface area (Å²) in [6.45, 7) is 3.08. The van der Waals surface area contributed by atoms with E-state index in [9.17, 15) is 17.6 Å². The molecule has 100 valence electrons. The van der Waals surface area contributed by atoms with Gasteiger partial charge in [-0.2, -0.15) is 4.72 Å². The van der Waals surface area contributed by atoms with Gasteiger partial charge in [0.1, 0.15) is 6.04 Å². The highest BCUT2D eigenvalue weighted by Crippen LogP contribution is 2.12. The Morgan fingerprint density at radius 2 is 2.11 bits per heavy atom. The van der Waals surface area contributed by atoms with Crippen LogP contribution in [0.15, 0.2) is 23.4 Å². The number of sulfonamides is 1. The molecule has 0 unspecified atom stereocenters. The Kier molecular flexibility index (Phi) is 4.36. The van der Waals surface area contributed by atoms with Gasteiger partial charge in [0, 0.05) is 6.20 Å². The fraction of sp³-hybridized carbons (Fsp3) is 0.400. The van der Waals surface area contributed by atoms with Crippen molar-refractivity contribution in [1.82, 2.24) is 9.71 Å². The molecule has 6 nitrogen and oxygen atoms in total. The molecule has 1 rings (SSSR count). The molecule has 0 saturated heterocycles. The molecule has 0 aromatic carbocycles. The molecule has 1 atom stereocenters. The van der Waals surface area contributed by atoms with Crippen LogP contribution in [0.1, 0.15) is 13.8 Å². The molecule has 0 bridgehead atoms. The number of carbonyl (C=O) groups is 1. The predicted molar refractivity (Wildman–Crippen MR) is 60.8 cm³/mol. The van der Waals surface area contributed by atoms with E-state index in [1.165, 1.54) is 19.9 Å². The summed E-state index contributed by atoms with van der Waals surface area (Å²) >= 11 is 0. The van der Waals surface area contributed by atoms with Gasteiger partial charge in [-0.3, -0.25) is 4.79 Å². The topological polar surface area (TPSA) is 96.4 Å². The van der Waals surface area contributed by atoms with Gasteiger partial charge in [-0.1, -0.05) is 13.8 Å². The fourth-order valence-electron chi connectivity index (χ4n) is 1.26. The molecule has 0 radical (unpaired) electrons. The summed E-state index contributed by atoms with van der Waals surface area (Å²) in [6, 6.07) is 0.842. The van der Waals surface area contributed by atoms with Crippen molar-refractivity contribution in [2.24, 2.45) is 5.92 Å². The van der Waals surface area contributed by atoms with Crippen molar-refractivity contribution in [2.75, 3.05) is 0 Å². The van der Waals surface area contributed by atoms with Crippen LogP contribution >= 0.6 is 0 Å². The first kappa shape index (κ1) is 14.5. The highest BCUT2D eigenvalue weighted by atomic mass is 32.2. The van der Waals surface area contributed by atoms with Crippen LogP contribution in [-0.4, -0.2) is 30.5 Å². The molecule has 0 aliphatic carbocycles. The molecule has 2 N–H and O–H groups in total. The number of nitrogens with zero attached hydrogens (tertiary/aromatic N) is 1. The molecule has 1 aromatic rings. The smallest absolute Gasteiger partial charge is 0.322 e. The Balaban J connectivity index is 3.09. The molecule has 0 amide bonds. The van der Waals surface area contributed by atoms with Crippen molar-refractivity contribution < 1.29 is 22.7 Å². The highest BCUT2D eigenvalue weighted by molar-refractivity contribution is 7.89. The highest BCUT2D eigenvalue weighted by Gasteiger charge is 2.30. The molecular weight excluding hydrogens is 263 g/mol. The first-order valence-electron chi connectivity index (χ1n) is 5.11. The van der Waals surface area contributed by atoms with Crippen molar-refractivity contribution in [3.63, 3.8) is 0 Å². The number of nitrogens with one attached hydrogen (secondary N) is 1. The summed E-state index contributed by atoms with van der Waals surface area (Å²) < 4.78 is 38.8. The molecule has 0 fully saturated rings. The van der Waals surface area contributed by atoms with E-state index in [-0.39, 0.29) is 0 Å². The van der Waals surface area contributed by atoms with Crippen LogP contribution in [0, 0.1) is 11.7 Å². The normalized spacial score (nSPS) is 13.6. The minimum Gasteiger partial charge on any atom is -0.480 e. The second-order valence-electron chi connectivity index (χ2n) is 3.97. The lowest BCUT2D eigenvalue weighted by Crippen LogP contribution is -2.44. The Hall–Kier alpha value is -1.54. The van der Waals surface area contributed by atoms with Gasteiger partial charge >= 0.3 is 5.97 Å². The summed E-state index contributed by atoms with van der Waals surface area (Å²) in [5, 5.41) is 8.07. The molecule has 0 aliphatic rings. The number of hydrogen-bond donors (Lipinski definition) is 2. The van der Waals surface area contributed by atoms with Crippen molar-refractivity contribution >= 4 is 16.0 Å². The zero-order valence-corrected chi connectivity index (χ0v) is 10.6. The Bertz CT molecular complexity index is 545. The second kappa shape index (κ2) is 5.40. The minimum atomic E-state index is -4.30. The first-order valence-corrected chi connectivity index (χ1v) is 6.59. The van der Waals surface area contributed by atoms with Crippen LogP contribution in [0.5, 0.6) is 0 Å². The molecule has 1 aromatic heterocycles. The second-order valence-corrected chi connectivity index (χ2v) is 5.60. The third kappa shape index (κ3) is 3.23. The quantitative estimate of drug-likeness (QED) is 0.821. The minimum absolute atomic E-state index is 0.482. The number of aromatic nitrogens is 1. The lowest BCUT2D eigenvalue weighted by molar-refractivity contribution is -0.140. The molecule has 0 spiro atoms. The van der Waals surface area contributed by atoms with E-state index in [1.54, 1.807) is 0 Å². The van der Waals surface area contributed by atoms with E-state index in [0.29, 0.717) is 0 Å². The van der Waals surface area contributed by atoms with Crippen molar-refractivity contribution in [2.45, 2.75) is 24.9 Å². The van der Waals surface area contributed by atoms with E-state index in [1.807, 2.05) is 4.72 Å². The van der Waals surface area contributed by atoms with Gasteiger partial charge < -0.3 is 5.11 Å². The number of pyridine rings is 1. The third-order valence-electron chi connectivity index (χ3n) is 2.19. The summed E-state index contributed by atoms with van der Waals surface area (Å²) in [4.78, 5) is 14.3. The van der Waals surface area contributed by atoms with Gasteiger partial charge in [0.15, 0.2) is 5.82 Å². The molecule has 0 aliphatic heterocycles. The van der Waals surface area contributed by atoms with Crippen molar-refractivity contribution in [3.05, 3.63) is 24.1 Å². The average molecular weight is 276 g/mol. The predicted octanol–water partition coefficient (Wildman–Crippen LogP) is 0.608. The standard InChI is InChI=1S/C10H13FN2O4S/c1-6(2)8(10(14)15)13-18(16,17)9-7(11)4-3-5-12-9/h3-6,8,13H,1-2H3,(H,14,15)/t8-/m1/s1. The summed E-state index contributed by atoms with van der Waals surface area (Å²) in [5.41, 5.74) is 0. The van der Waals surface area contributed by atoms with Crippen LogP contribution in [0.3, 0.4) is 0 Å². The molecule has 18 heavy (non-hydrogen) atoms. The first-order chi connectivity index (χ1) is 8.25. The van der Waals surface area contributed by atoms with Gasteiger partial charge in [0.2, 0.25) is 5.03 Å². The van der Waals surface area contributed by atoms with E-state index >= 15 is 0 Å². The van der Waals surface area contributed by atoms with Gasteiger partial charge in [-0.05, 0) is 18.1 Å². The fourth-order valence-corrected chi connectivity index (χ4v) is 2.61. The van der Waals surface area contributed by atoms with Gasteiger partial charge in [-0.25, -0.2) is 17.8 Å². The molecule has 8 heteroatoms. The number of halogens is 1. The molecule has 0 saturated carbocycles. The zero-order valence-electron chi connectivity index (χ0n) is 9.79. The van der Waals surface area contributed by atoms with Gasteiger partial charge in [0.25, 0.3) is 10.0 Å². The van der Waals surface area contributed by atoms with Gasteiger partial charge in [-0.15, -0.1) is 0 Å². The van der Waals surface area contributed by atoms with Crippen molar-refractivity contribution in [1.29, 1.82) is 0 Å². The van der Waals surface area contributed by atoms with Crippen LogP contribution in [0.4, 0.5) is 4.39 Å². The maximum atomic E-state index is 13.3. The average Bonchev–Trinajstić information content (AvgIpc) is 2.25. The van der Waals surface area contributed by atoms with Crippen LogP contribution in [0.25, 0.3) is 0 Å². The number of carboxylic acids is 1. The Labute approximate surface area is 104 Å². The SMILES string of the molecule is CC(C)[C@@H](NS(=O)(=O)c1ncccc1F)C(=O)O. The molecular formula is C10H13FN2O4S. The largest absolute Gasteiger partial charge is 0.480 e. The van der Waals surface area contributed by atoms with E-state index in [2.05, 4.69) is 4.98 Å².